The lowest BCUT2D eigenvalue weighted by Gasteiger charge is -2.51. The molecule has 3 heterocycles. The first-order chi connectivity index (χ1) is 48.3. The summed E-state index contributed by atoms with van der Waals surface area (Å²) in [5.74, 6) is -1.51. The molecule has 520 valence electrons. The van der Waals surface area contributed by atoms with Crippen LogP contribution in [-0.2, 0) is 106 Å². The van der Waals surface area contributed by atoms with E-state index in [2.05, 4.69) is 5.32 Å². The lowest BCUT2D eigenvalue weighted by Crippen LogP contribution is -2.69. The molecule has 0 radical (unpaired) electrons. The van der Waals surface area contributed by atoms with Crippen molar-refractivity contribution in [3.05, 3.63) is 287 Å². The highest BCUT2D eigenvalue weighted by Crippen LogP contribution is 2.39. The minimum atomic E-state index is -2.02. The van der Waals surface area contributed by atoms with Gasteiger partial charge in [-0.05, 0) is 71.5 Å². The highest BCUT2D eigenvalue weighted by molar-refractivity contribution is 6.67. The summed E-state index contributed by atoms with van der Waals surface area (Å²) >= 11 is 18.5. The van der Waals surface area contributed by atoms with Gasteiger partial charge in [0, 0.05) is 0 Å². The fourth-order valence-corrected chi connectivity index (χ4v) is 12.2. The van der Waals surface area contributed by atoms with E-state index in [-0.39, 0.29) is 57.4 Å². The average Bonchev–Trinajstić information content (AvgIpc) is 0.730. The lowest BCUT2D eigenvalue weighted by molar-refractivity contribution is -0.389. The summed E-state index contributed by atoms with van der Waals surface area (Å²) in [7, 11) is 0. The Bertz CT molecular complexity index is 3690. The van der Waals surface area contributed by atoms with Crippen molar-refractivity contribution in [3.8, 4) is 0 Å². The van der Waals surface area contributed by atoms with Crippen LogP contribution in [-0.4, -0.2) is 134 Å². The van der Waals surface area contributed by atoms with Crippen LogP contribution in [0.4, 0.5) is 4.79 Å². The number of rotatable bonds is 30. The van der Waals surface area contributed by atoms with E-state index in [9.17, 15) is 14.4 Å². The van der Waals surface area contributed by atoms with E-state index in [4.69, 9.17) is 101 Å². The second-order valence-electron chi connectivity index (χ2n) is 24.2. The molecule has 8 aromatic rings. The van der Waals surface area contributed by atoms with Crippen LogP contribution in [0.5, 0.6) is 0 Å². The number of esters is 2. The molecule has 18 nitrogen and oxygen atoms in total. The van der Waals surface area contributed by atoms with Crippen molar-refractivity contribution in [3.63, 3.8) is 0 Å². The predicted octanol–water partition coefficient (Wildman–Crippen LogP) is 13.7. The number of carbonyl (C=O) groups is 3. The normalized spacial score (nSPS) is 25.4. The predicted molar refractivity (Wildman–Crippen MR) is 369 cm³/mol. The number of alkyl carbamates (subject to hydrolysis) is 1. The van der Waals surface area contributed by atoms with Gasteiger partial charge >= 0.3 is 18.0 Å². The molecule has 0 saturated carbocycles. The van der Waals surface area contributed by atoms with E-state index in [1.54, 1.807) is 67.6 Å². The fraction of sp³-hybridized carbons (Fsp3) is 0.346. The van der Waals surface area contributed by atoms with Gasteiger partial charge in [0.15, 0.2) is 18.7 Å². The molecular formula is C78H80Cl3NO17. The average molecular weight is 1410 g/mol. The van der Waals surface area contributed by atoms with Crippen molar-refractivity contribution >= 4 is 52.8 Å². The van der Waals surface area contributed by atoms with Crippen molar-refractivity contribution in [2.45, 2.75) is 149 Å². The minimum Gasteiger partial charge on any atom is -0.459 e. The number of carbonyl (C=O) groups excluding carboxylic acids is 3. The Morgan fingerprint density at radius 2 is 0.747 bits per heavy atom. The molecule has 0 aromatic heterocycles. The summed E-state index contributed by atoms with van der Waals surface area (Å²) in [6.45, 7) is 2.96. The van der Waals surface area contributed by atoms with Crippen LogP contribution >= 0.6 is 34.8 Å². The van der Waals surface area contributed by atoms with Crippen LogP contribution in [0.3, 0.4) is 0 Å². The Morgan fingerprint density at radius 3 is 1.21 bits per heavy atom. The van der Waals surface area contributed by atoms with Crippen molar-refractivity contribution in [1.29, 1.82) is 0 Å². The molecule has 1 N–H and O–H groups in total. The summed E-state index contributed by atoms with van der Waals surface area (Å²) in [4.78, 5) is 43.0. The molecule has 21 heteroatoms. The van der Waals surface area contributed by atoms with E-state index >= 15 is 0 Å². The molecule has 3 aliphatic heterocycles. The molecular weight excluding hydrogens is 1330 g/mol. The third kappa shape index (κ3) is 21.2. The molecule has 1 amide bonds. The van der Waals surface area contributed by atoms with E-state index in [1.165, 1.54) is 0 Å². The molecule has 99 heavy (non-hydrogen) atoms. The van der Waals surface area contributed by atoms with E-state index < -0.39 is 127 Å². The maximum atomic E-state index is 14.8. The summed E-state index contributed by atoms with van der Waals surface area (Å²) in [5, 5.41) is 2.87. The van der Waals surface area contributed by atoms with Crippen molar-refractivity contribution in [2.24, 2.45) is 0 Å². The highest BCUT2D eigenvalue weighted by Gasteiger charge is 2.57. The topological polar surface area (TPSA) is 192 Å². The Balaban J connectivity index is 1.06. The number of ether oxygens (including phenoxy) is 14. The van der Waals surface area contributed by atoms with Crippen LogP contribution in [0.25, 0.3) is 0 Å². The number of hydrogen-bond acceptors (Lipinski definition) is 17. The fourth-order valence-electron chi connectivity index (χ4n) is 12.0. The first kappa shape index (κ1) is 72.6. The monoisotopic (exact) mass is 1410 g/mol. The lowest BCUT2D eigenvalue weighted by atomic mass is 9.92. The largest absolute Gasteiger partial charge is 0.459 e. The third-order valence-electron chi connectivity index (χ3n) is 17.0. The zero-order chi connectivity index (χ0) is 68.8. The Hall–Kier alpha value is -7.60. The SMILES string of the molecule is CC1O[C@@H](OC2[C@H](O[C@@H]3C(NC(=O)OCC(Cl)(Cl)Cl)[C@H](C)OC(COC(=O)c4ccccc4)[C@@H]3OC(=O)c3ccccc3)OC(COCc3ccccc3)[C@H](OCc3ccccc3)[C@H]2OCc2ccccc2)C(OCc2ccccc2)[C@@H](OCc2ccccc2)[C@H]1OCc1ccccc1. The second kappa shape index (κ2) is 36.7. The van der Waals surface area contributed by atoms with Gasteiger partial charge in [-0.2, -0.15) is 0 Å². The van der Waals surface area contributed by atoms with Crippen molar-refractivity contribution in [2.75, 3.05) is 19.8 Å². The van der Waals surface area contributed by atoms with Gasteiger partial charge in [0.25, 0.3) is 0 Å². The molecule has 6 unspecified atom stereocenters. The van der Waals surface area contributed by atoms with Crippen molar-refractivity contribution < 1.29 is 80.7 Å². The van der Waals surface area contributed by atoms with Gasteiger partial charge < -0.3 is 71.6 Å². The van der Waals surface area contributed by atoms with Crippen LogP contribution in [0.15, 0.2) is 243 Å². The molecule has 3 saturated heterocycles. The summed E-state index contributed by atoms with van der Waals surface area (Å²) < 4.78 is 94.8. The first-order valence-electron chi connectivity index (χ1n) is 32.9. The van der Waals surface area contributed by atoms with E-state index in [1.807, 2.05) is 189 Å². The van der Waals surface area contributed by atoms with Gasteiger partial charge in [-0.1, -0.05) is 253 Å². The number of benzene rings is 8. The Kier molecular flexibility index (Phi) is 26.9. The van der Waals surface area contributed by atoms with Gasteiger partial charge in [-0.25, -0.2) is 14.4 Å². The molecule has 0 aliphatic carbocycles. The molecule has 0 bridgehead atoms. The molecule has 15 atom stereocenters. The zero-order valence-corrected chi connectivity index (χ0v) is 57.0. The van der Waals surface area contributed by atoms with Crippen LogP contribution < -0.4 is 5.32 Å². The Labute approximate surface area is 591 Å². The van der Waals surface area contributed by atoms with E-state index in [0.29, 0.717) is 0 Å². The van der Waals surface area contributed by atoms with Gasteiger partial charge in [0.05, 0.1) is 75.6 Å². The number of amides is 1. The molecule has 3 aliphatic rings. The summed E-state index contributed by atoms with van der Waals surface area (Å²) in [6.07, 6.45) is -17.7. The van der Waals surface area contributed by atoms with Crippen LogP contribution in [0.2, 0.25) is 0 Å². The number of alkyl halides is 3. The summed E-state index contributed by atoms with van der Waals surface area (Å²) in [6, 6.07) is 73.5. The maximum absolute atomic E-state index is 14.8. The molecule has 8 aromatic carbocycles. The quantitative estimate of drug-likeness (QED) is 0.0254. The highest BCUT2D eigenvalue weighted by atomic mass is 35.6. The standard InChI is InChI=1S/C78H80Cl3NO17/c1-52-64(82-77(85)93-51-78(79,80)81)68(67(97-74(84)61-41-25-10-26-42-61)63(94-52)50-92-73(83)60-39-23-9-24-40-60)98-76-72(70(90-47-58-35-19-7-20-36-58)66(88-45-56-31-15-5-16-32-56)62(96-76)49-86-43-54-27-11-3-12-28-54)99-75-71(91-48-59-37-21-8-22-38-59)69(89-46-57-33-17-6-18-34-57)65(53(2)95-75)87-44-55-29-13-4-14-30-55/h3-42,52-53,62-72,75-76H,43-51H2,1-2H3,(H,82,85)/t52-,53?,62?,63?,64?,65-,66-,67-,68+,69-,70+,71?,72?,75-,76-/m0/s1. The number of halogens is 3. The smallest absolute Gasteiger partial charge is 0.407 e. The second-order valence-corrected chi connectivity index (χ2v) is 26.7. The van der Waals surface area contributed by atoms with Crippen molar-refractivity contribution in [1.82, 2.24) is 5.32 Å². The minimum absolute atomic E-state index is 0.00858. The van der Waals surface area contributed by atoms with Gasteiger partial charge in [0.1, 0.15) is 68.1 Å². The molecule has 11 rings (SSSR count). The Morgan fingerprint density at radius 1 is 0.374 bits per heavy atom. The van der Waals surface area contributed by atoms with E-state index in [0.717, 1.165) is 33.4 Å². The zero-order valence-electron chi connectivity index (χ0n) is 54.7. The van der Waals surface area contributed by atoms with Gasteiger partial charge in [0.2, 0.25) is 3.79 Å². The summed E-state index contributed by atoms with van der Waals surface area (Å²) in [5.41, 5.74) is 5.58. The van der Waals surface area contributed by atoms with Crippen LogP contribution in [0.1, 0.15) is 67.9 Å². The number of hydrogen-bond donors (Lipinski definition) is 1. The molecule has 0 spiro atoms. The number of nitrogens with one attached hydrogen (secondary N) is 1. The van der Waals surface area contributed by atoms with Crippen LogP contribution in [0, 0.1) is 0 Å². The van der Waals surface area contributed by atoms with Gasteiger partial charge in [-0.3, -0.25) is 0 Å². The first-order valence-corrected chi connectivity index (χ1v) is 34.1. The third-order valence-corrected chi connectivity index (χ3v) is 17.3. The molecule has 3 fully saturated rings. The maximum Gasteiger partial charge on any atom is 0.407 e. The van der Waals surface area contributed by atoms with Gasteiger partial charge in [-0.15, -0.1) is 0 Å².